The van der Waals surface area contributed by atoms with E-state index in [1.165, 1.54) is 12.2 Å². The van der Waals surface area contributed by atoms with E-state index in [-0.39, 0.29) is 5.91 Å². The van der Waals surface area contributed by atoms with Crippen LogP contribution in [0, 0.1) is 0 Å². The molecule has 1 aliphatic heterocycles. The number of benzene rings is 1. The molecule has 4 heteroatoms. The number of anilines is 1. The third-order valence-electron chi connectivity index (χ3n) is 3.33. The van der Waals surface area contributed by atoms with Crippen molar-refractivity contribution in [1.29, 1.82) is 0 Å². The second-order valence-corrected chi connectivity index (χ2v) is 6.15. The first kappa shape index (κ1) is 13.3. The molecule has 0 saturated carbocycles. The third-order valence-corrected chi connectivity index (χ3v) is 4.65. The predicted molar refractivity (Wildman–Crippen MR) is 78.2 cm³/mol. The second-order valence-electron chi connectivity index (χ2n) is 4.66. The fraction of sp³-hybridized carbons (Fsp3) is 0.500. The van der Waals surface area contributed by atoms with E-state index in [1.807, 2.05) is 23.9 Å². The van der Waals surface area contributed by atoms with Crippen molar-refractivity contribution >= 4 is 23.4 Å². The van der Waals surface area contributed by atoms with Gasteiger partial charge in [-0.15, -0.1) is 0 Å². The Labute approximate surface area is 113 Å². The van der Waals surface area contributed by atoms with Crippen LogP contribution in [0.1, 0.15) is 18.9 Å². The smallest absolute Gasteiger partial charge is 0.224 e. The van der Waals surface area contributed by atoms with Crippen LogP contribution >= 0.6 is 11.8 Å². The van der Waals surface area contributed by atoms with E-state index in [1.54, 1.807) is 7.05 Å². The van der Waals surface area contributed by atoms with Crippen molar-refractivity contribution in [2.24, 2.45) is 0 Å². The van der Waals surface area contributed by atoms with Gasteiger partial charge >= 0.3 is 0 Å². The van der Waals surface area contributed by atoms with Crippen LogP contribution in [-0.2, 0) is 11.2 Å². The molecule has 2 atom stereocenters. The largest absolute Gasteiger partial charge is 0.381 e. The Morgan fingerprint density at radius 3 is 2.67 bits per heavy atom. The highest BCUT2D eigenvalue weighted by atomic mass is 32.2. The number of likely N-dealkylation sites (N-methyl/N-ethyl adjacent to an activating group) is 1. The van der Waals surface area contributed by atoms with Crippen LogP contribution in [0.25, 0.3) is 0 Å². The van der Waals surface area contributed by atoms with Crippen molar-refractivity contribution in [3.63, 3.8) is 0 Å². The molecule has 0 aromatic heterocycles. The highest BCUT2D eigenvalue weighted by molar-refractivity contribution is 8.00. The molecule has 1 fully saturated rings. The highest BCUT2D eigenvalue weighted by Crippen LogP contribution is 2.28. The maximum absolute atomic E-state index is 11.3. The summed E-state index contributed by atoms with van der Waals surface area (Å²) in [6.07, 6.45) is 1.68. The number of hydrogen-bond acceptors (Lipinski definition) is 3. The first-order valence-corrected chi connectivity index (χ1v) is 7.41. The fourth-order valence-corrected chi connectivity index (χ4v) is 3.33. The Kier molecular flexibility index (Phi) is 4.53. The van der Waals surface area contributed by atoms with Crippen molar-refractivity contribution in [3.05, 3.63) is 29.8 Å². The zero-order chi connectivity index (χ0) is 13.0. The first-order valence-electron chi connectivity index (χ1n) is 6.36. The number of thioether (sulfide) groups is 1. The number of nitrogens with one attached hydrogen (secondary N) is 2. The van der Waals surface area contributed by atoms with Crippen molar-refractivity contribution in [2.45, 2.75) is 31.1 Å². The SMILES string of the molecule is CNC(=O)Cc1ccc(NC2CCSC2C)cc1. The van der Waals surface area contributed by atoms with Crippen molar-refractivity contribution in [1.82, 2.24) is 5.32 Å². The molecule has 1 saturated heterocycles. The average Bonchev–Trinajstić information content (AvgIpc) is 2.77. The summed E-state index contributed by atoms with van der Waals surface area (Å²) in [5, 5.41) is 6.88. The van der Waals surface area contributed by atoms with E-state index in [2.05, 4.69) is 29.7 Å². The monoisotopic (exact) mass is 264 g/mol. The summed E-state index contributed by atoms with van der Waals surface area (Å²) in [6, 6.07) is 8.73. The molecule has 0 aliphatic carbocycles. The standard InChI is InChI=1S/C14H20N2OS/c1-10-13(7-8-18-10)16-12-5-3-11(4-6-12)9-14(17)15-2/h3-6,10,13,16H,7-9H2,1-2H3,(H,15,17). The second kappa shape index (κ2) is 6.14. The van der Waals surface area contributed by atoms with Gasteiger partial charge in [-0.3, -0.25) is 4.79 Å². The maximum atomic E-state index is 11.3. The van der Waals surface area contributed by atoms with E-state index in [0.29, 0.717) is 17.7 Å². The summed E-state index contributed by atoms with van der Waals surface area (Å²) in [4.78, 5) is 11.3. The quantitative estimate of drug-likeness (QED) is 0.876. The van der Waals surface area contributed by atoms with Gasteiger partial charge in [0.15, 0.2) is 0 Å². The number of hydrogen-bond donors (Lipinski definition) is 2. The van der Waals surface area contributed by atoms with E-state index in [9.17, 15) is 4.79 Å². The van der Waals surface area contributed by atoms with Crippen LogP contribution < -0.4 is 10.6 Å². The lowest BCUT2D eigenvalue weighted by Gasteiger charge is -2.18. The molecular weight excluding hydrogens is 244 g/mol. The normalized spacial score (nSPS) is 22.8. The molecule has 0 spiro atoms. The molecule has 2 N–H and O–H groups in total. The van der Waals surface area contributed by atoms with Gasteiger partial charge in [-0.05, 0) is 29.9 Å². The van der Waals surface area contributed by atoms with Gasteiger partial charge in [0.05, 0.1) is 6.42 Å². The molecule has 1 aromatic carbocycles. The van der Waals surface area contributed by atoms with Crippen LogP contribution in [0.4, 0.5) is 5.69 Å². The van der Waals surface area contributed by atoms with E-state index >= 15 is 0 Å². The van der Waals surface area contributed by atoms with E-state index in [4.69, 9.17) is 0 Å². The summed E-state index contributed by atoms with van der Waals surface area (Å²) >= 11 is 2.02. The highest BCUT2D eigenvalue weighted by Gasteiger charge is 2.23. The molecule has 1 amide bonds. The van der Waals surface area contributed by atoms with Gasteiger partial charge < -0.3 is 10.6 Å². The average molecular weight is 264 g/mol. The molecule has 2 unspecified atom stereocenters. The lowest BCUT2D eigenvalue weighted by atomic mass is 10.1. The zero-order valence-electron chi connectivity index (χ0n) is 10.9. The van der Waals surface area contributed by atoms with Crippen molar-refractivity contribution in [3.8, 4) is 0 Å². The van der Waals surface area contributed by atoms with Gasteiger partial charge in [-0.1, -0.05) is 19.1 Å². The van der Waals surface area contributed by atoms with Crippen LogP contribution in [0.2, 0.25) is 0 Å². The minimum atomic E-state index is 0.0523. The lowest BCUT2D eigenvalue weighted by molar-refractivity contribution is -0.119. The maximum Gasteiger partial charge on any atom is 0.224 e. The number of rotatable bonds is 4. The van der Waals surface area contributed by atoms with Gasteiger partial charge in [0.2, 0.25) is 5.91 Å². The van der Waals surface area contributed by atoms with Gasteiger partial charge in [-0.25, -0.2) is 0 Å². The molecule has 0 bridgehead atoms. The molecule has 3 nitrogen and oxygen atoms in total. The summed E-state index contributed by atoms with van der Waals surface area (Å²) < 4.78 is 0. The topological polar surface area (TPSA) is 41.1 Å². The van der Waals surface area contributed by atoms with Crippen LogP contribution in [0.3, 0.4) is 0 Å². The Morgan fingerprint density at radius 2 is 2.11 bits per heavy atom. The Bertz CT molecular complexity index is 405. The Morgan fingerprint density at radius 1 is 1.39 bits per heavy atom. The molecule has 2 rings (SSSR count). The molecule has 1 aromatic rings. The number of amides is 1. The Balaban J connectivity index is 1.93. The first-order chi connectivity index (χ1) is 8.69. The molecule has 1 aliphatic rings. The predicted octanol–water partition coefficient (Wildman–Crippen LogP) is 2.28. The minimum Gasteiger partial charge on any atom is -0.381 e. The zero-order valence-corrected chi connectivity index (χ0v) is 11.7. The van der Waals surface area contributed by atoms with Crippen molar-refractivity contribution in [2.75, 3.05) is 18.1 Å². The van der Waals surface area contributed by atoms with Gasteiger partial charge in [0.25, 0.3) is 0 Å². The lowest BCUT2D eigenvalue weighted by Crippen LogP contribution is -2.24. The number of carbonyl (C=O) groups is 1. The van der Waals surface area contributed by atoms with E-state index in [0.717, 1.165) is 11.3 Å². The van der Waals surface area contributed by atoms with Gasteiger partial charge in [0, 0.05) is 24.0 Å². The third kappa shape index (κ3) is 3.42. The summed E-state index contributed by atoms with van der Waals surface area (Å²) in [7, 11) is 1.66. The summed E-state index contributed by atoms with van der Waals surface area (Å²) in [5.41, 5.74) is 2.20. The summed E-state index contributed by atoms with van der Waals surface area (Å²) in [6.45, 7) is 2.27. The van der Waals surface area contributed by atoms with Gasteiger partial charge in [-0.2, -0.15) is 11.8 Å². The van der Waals surface area contributed by atoms with Crippen LogP contribution in [0.15, 0.2) is 24.3 Å². The summed E-state index contributed by atoms with van der Waals surface area (Å²) in [5.74, 6) is 1.30. The number of carbonyl (C=O) groups excluding carboxylic acids is 1. The van der Waals surface area contributed by atoms with Crippen molar-refractivity contribution < 1.29 is 4.79 Å². The fourth-order valence-electron chi connectivity index (χ4n) is 2.13. The van der Waals surface area contributed by atoms with Crippen LogP contribution in [0.5, 0.6) is 0 Å². The molecule has 1 heterocycles. The Hall–Kier alpha value is -1.16. The van der Waals surface area contributed by atoms with Crippen LogP contribution in [-0.4, -0.2) is 30.0 Å². The molecule has 98 valence electrons. The molecule has 18 heavy (non-hydrogen) atoms. The molecular formula is C14H20N2OS. The van der Waals surface area contributed by atoms with Gasteiger partial charge in [0.1, 0.15) is 0 Å². The molecule has 0 radical (unpaired) electrons. The minimum absolute atomic E-state index is 0.0523. The van der Waals surface area contributed by atoms with E-state index < -0.39 is 0 Å².